The van der Waals surface area contributed by atoms with E-state index in [1.165, 1.54) is 19.3 Å². The van der Waals surface area contributed by atoms with Gasteiger partial charge in [-0.15, -0.1) is 0 Å². The second-order valence-corrected chi connectivity index (χ2v) is 4.71. The molecule has 0 unspecified atom stereocenters. The molecule has 2 atom stereocenters. The van der Waals surface area contributed by atoms with Crippen molar-refractivity contribution >= 4 is 5.91 Å². The van der Waals surface area contributed by atoms with Gasteiger partial charge in [-0.1, -0.05) is 38.0 Å². The average molecular weight is 217 g/mol. The first-order valence-electron chi connectivity index (χ1n) is 6.13. The SMILES string of the molecule is C[C@H]1CCCC[C@@H]1NC(=O)c1ccccc1. The van der Waals surface area contributed by atoms with E-state index in [0.29, 0.717) is 12.0 Å². The van der Waals surface area contributed by atoms with Crippen LogP contribution in [0, 0.1) is 5.92 Å². The molecular formula is C14H19NO. The van der Waals surface area contributed by atoms with Gasteiger partial charge in [-0.25, -0.2) is 0 Å². The van der Waals surface area contributed by atoms with E-state index in [2.05, 4.69) is 12.2 Å². The fourth-order valence-electron chi connectivity index (χ4n) is 2.37. The standard InChI is InChI=1S/C14H19NO/c1-11-7-5-6-10-13(11)15-14(16)12-8-3-2-4-9-12/h2-4,8-9,11,13H,5-7,10H2,1H3,(H,15,16)/t11-,13-/m0/s1. The van der Waals surface area contributed by atoms with E-state index >= 15 is 0 Å². The minimum Gasteiger partial charge on any atom is -0.349 e. The quantitative estimate of drug-likeness (QED) is 0.810. The molecule has 1 aromatic rings. The molecule has 1 fully saturated rings. The molecule has 0 heterocycles. The van der Waals surface area contributed by atoms with Crippen LogP contribution < -0.4 is 5.32 Å². The highest BCUT2D eigenvalue weighted by Gasteiger charge is 2.22. The van der Waals surface area contributed by atoms with Crippen LogP contribution >= 0.6 is 0 Å². The Labute approximate surface area is 97.1 Å². The highest BCUT2D eigenvalue weighted by molar-refractivity contribution is 5.94. The van der Waals surface area contributed by atoms with E-state index in [1.54, 1.807) is 0 Å². The van der Waals surface area contributed by atoms with Crippen LogP contribution in [-0.2, 0) is 0 Å². The van der Waals surface area contributed by atoms with E-state index in [4.69, 9.17) is 0 Å². The van der Waals surface area contributed by atoms with Gasteiger partial charge in [0.1, 0.15) is 0 Å². The number of benzene rings is 1. The van der Waals surface area contributed by atoms with Gasteiger partial charge < -0.3 is 5.32 Å². The zero-order chi connectivity index (χ0) is 11.4. The summed E-state index contributed by atoms with van der Waals surface area (Å²) in [6, 6.07) is 9.82. The monoisotopic (exact) mass is 217 g/mol. The molecule has 1 saturated carbocycles. The molecule has 0 aromatic heterocycles. The number of carbonyl (C=O) groups is 1. The van der Waals surface area contributed by atoms with Crippen molar-refractivity contribution in [1.29, 1.82) is 0 Å². The van der Waals surface area contributed by atoms with Gasteiger partial charge in [-0.05, 0) is 30.9 Å². The summed E-state index contributed by atoms with van der Waals surface area (Å²) < 4.78 is 0. The topological polar surface area (TPSA) is 29.1 Å². The smallest absolute Gasteiger partial charge is 0.251 e. The number of carbonyl (C=O) groups excluding carboxylic acids is 1. The van der Waals surface area contributed by atoms with Gasteiger partial charge in [0.25, 0.3) is 5.91 Å². The van der Waals surface area contributed by atoms with Gasteiger partial charge >= 0.3 is 0 Å². The Morgan fingerprint density at radius 2 is 1.88 bits per heavy atom. The first-order valence-corrected chi connectivity index (χ1v) is 6.13. The van der Waals surface area contributed by atoms with Crippen LogP contribution in [0.5, 0.6) is 0 Å². The predicted octanol–water partition coefficient (Wildman–Crippen LogP) is 3.00. The Hall–Kier alpha value is -1.31. The lowest BCUT2D eigenvalue weighted by atomic mass is 9.86. The molecule has 2 heteroatoms. The molecule has 86 valence electrons. The number of hydrogen-bond donors (Lipinski definition) is 1. The van der Waals surface area contributed by atoms with Gasteiger partial charge in [-0.3, -0.25) is 4.79 Å². The van der Waals surface area contributed by atoms with Crippen molar-refractivity contribution < 1.29 is 4.79 Å². The molecule has 0 aliphatic heterocycles. The molecule has 1 amide bonds. The lowest BCUT2D eigenvalue weighted by Gasteiger charge is -2.29. The van der Waals surface area contributed by atoms with Crippen molar-refractivity contribution in [3.05, 3.63) is 35.9 Å². The van der Waals surface area contributed by atoms with Gasteiger partial charge in [0.2, 0.25) is 0 Å². The normalized spacial score (nSPS) is 25.1. The minimum absolute atomic E-state index is 0.0688. The van der Waals surface area contributed by atoms with Gasteiger partial charge in [0.15, 0.2) is 0 Å². The summed E-state index contributed by atoms with van der Waals surface area (Å²) in [7, 11) is 0. The molecule has 1 aliphatic rings. The van der Waals surface area contributed by atoms with Gasteiger partial charge in [0.05, 0.1) is 0 Å². The Bertz CT molecular complexity index is 347. The maximum atomic E-state index is 11.9. The molecule has 1 aliphatic carbocycles. The third-order valence-corrected chi connectivity index (χ3v) is 3.46. The Morgan fingerprint density at radius 1 is 1.19 bits per heavy atom. The molecule has 2 nitrogen and oxygen atoms in total. The molecule has 0 saturated heterocycles. The molecule has 16 heavy (non-hydrogen) atoms. The van der Waals surface area contributed by atoms with Crippen molar-refractivity contribution in [1.82, 2.24) is 5.32 Å². The Morgan fingerprint density at radius 3 is 2.56 bits per heavy atom. The summed E-state index contributed by atoms with van der Waals surface area (Å²) in [4.78, 5) is 11.9. The van der Waals surface area contributed by atoms with Crippen LogP contribution in [0.4, 0.5) is 0 Å². The largest absolute Gasteiger partial charge is 0.349 e. The molecular weight excluding hydrogens is 198 g/mol. The molecule has 0 radical (unpaired) electrons. The second-order valence-electron chi connectivity index (χ2n) is 4.71. The maximum absolute atomic E-state index is 11.9. The minimum atomic E-state index is 0.0688. The van der Waals surface area contributed by atoms with Crippen molar-refractivity contribution in [2.24, 2.45) is 5.92 Å². The zero-order valence-corrected chi connectivity index (χ0v) is 9.78. The summed E-state index contributed by atoms with van der Waals surface area (Å²) in [6.45, 7) is 2.23. The number of hydrogen-bond acceptors (Lipinski definition) is 1. The summed E-state index contributed by atoms with van der Waals surface area (Å²) in [5, 5.41) is 3.15. The first-order chi connectivity index (χ1) is 7.77. The Kier molecular flexibility index (Phi) is 3.60. The number of nitrogens with one attached hydrogen (secondary N) is 1. The lowest BCUT2D eigenvalue weighted by molar-refractivity contribution is 0.0910. The van der Waals surface area contributed by atoms with Gasteiger partial charge in [-0.2, -0.15) is 0 Å². The third kappa shape index (κ3) is 2.63. The number of rotatable bonds is 2. The van der Waals surface area contributed by atoms with E-state index < -0.39 is 0 Å². The van der Waals surface area contributed by atoms with Crippen LogP contribution in [0.25, 0.3) is 0 Å². The van der Waals surface area contributed by atoms with Crippen LogP contribution in [0.3, 0.4) is 0 Å². The number of amides is 1. The fourth-order valence-corrected chi connectivity index (χ4v) is 2.37. The first kappa shape index (κ1) is 11.2. The van der Waals surface area contributed by atoms with Crippen LogP contribution in [-0.4, -0.2) is 11.9 Å². The van der Waals surface area contributed by atoms with Crippen LogP contribution in [0.15, 0.2) is 30.3 Å². The van der Waals surface area contributed by atoms with Crippen LogP contribution in [0.1, 0.15) is 43.0 Å². The summed E-state index contributed by atoms with van der Waals surface area (Å²) in [6.07, 6.45) is 4.91. The van der Waals surface area contributed by atoms with Crippen molar-refractivity contribution in [2.75, 3.05) is 0 Å². The van der Waals surface area contributed by atoms with Crippen molar-refractivity contribution in [3.8, 4) is 0 Å². The van der Waals surface area contributed by atoms with E-state index in [1.807, 2.05) is 30.3 Å². The average Bonchev–Trinajstić information content (AvgIpc) is 2.33. The van der Waals surface area contributed by atoms with E-state index in [9.17, 15) is 4.79 Å². The summed E-state index contributed by atoms with van der Waals surface area (Å²) in [5.41, 5.74) is 0.764. The molecule has 1 N–H and O–H groups in total. The van der Waals surface area contributed by atoms with Crippen molar-refractivity contribution in [2.45, 2.75) is 38.6 Å². The zero-order valence-electron chi connectivity index (χ0n) is 9.78. The molecule has 2 rings (SSSR count). The van der Waals surface area contributed by atoms with E-state index in [-0.39, 0.29) is 5.91 Å². The second kappa shape index (κ2) is 5.15. The highest BCUT2D eigenvalue weighted by Crippen LogP contribution is 2.23. The summed E-state index contributed by atoms with van der Waals surface area (Å²) >= 11 is 0. The summed E-state index contributed by atoms with van der Waals surface area (Å²) in [5.74, 6) is 0.681. The predicted molar refractivity (Wildman–Crippen MR) is 65.3 cm³/mol. The lowest BCUT2D eigenvalue weighted by Crippen LogP contribution is -2.41. The van der Waals surface area contributed by atoms with Gasteiger partial charge in [0, 0.05) is 11.6 Å². The maximum Gasteiger partial charge on any atom is 0.251 e. The molecule has 0 bridgehead atoms. The van der Waals surface area contributed by atoms with E-state index in [0.717, 1.165) is 12.0 Å². The van der Waals surface area contributed by atoms with Crippen molar-refractivity contribution in [3.63, 3.8) is 0 Å². The third-order valence-electron chi connectivity index (χ3n) is 3.46. The Balaban J connectivity index is 1.96. The van der Waals surface area contributed by atoms with Crippen LogP contribution in [0.2, 0.25) is 0 Å². The molecule has 1 aromatic carbocycles. The highest BCUT2D eigenvalue weighted by atomic mass is 16.1. The molecule has 0 spiro atoms. The fraction of sp³-hybridized carbons (Fsp3) is 0.500.